The lowest BCUT2D eigenvalue weighted by Gasteiger charge is -2.19. The van der Waals surface area contributed by atoms with Crippen LogP contribution in [0.25, 0.3) is 0 Å². The van der Waals surface area contributed by atoms with Gasteiger partial charge >= 0.3 is 6.92 Å². The van der Waals surface area contributed by atoms with Gasteiger partial charge in [-0.3, -0.25) is 0 Å². The quantitative estimate of drug-likeness (QED) is 0.803. The Morgan fingerprint density at radius 1 is 1.00 bits per heavy atom. The van der Waals surface area contributed by atoms with Gasteiger partial charge in [-0.05, 0) is 30.3 Å². The summed E-state index contributed by atoms with van der Waals surface area (Å²) in [6.07, 6.45) is 1.79. The van der Waals surface area contributed by atoms with Gasteiger partial charge in [-0.25, -0.2) is 0 Å². The molecule has 0 aromatic heterocycles. The van der Waals surface area contributed by atoms with E-state index in [1.54, 1.807) is 0 Å². The van der Waals surface area contributed by atoms with Crippen LogP contribution in [0.1, 0.15) is 13.3 Å². The van der Waals surface area contributed by atoms with E-state index < -0.39 is 0 Å². The van der Waals surface area contributed by atoms with Crippen molar-refractivity contribution in [2.45, 2.75) is 25.7 Å². The van der Waals surface area contributed by atoms with Gasteiger partial charge in [0.25, 0.3) is 0 Å². The number of rotatable bonds is 6. The van der Waals surface area contributed by atoms with E-state index in [2.05, 4.69) is 19.1 Å². The van der Waals surface area contributed by atoms with Crippen LogP contribution < -0.4 is 15.9 Å². The summed E-state index contributed by atoms with van der Waals surface area (Å²) >= 11 is 0. The summed E-state index contributed by atoms with van der Waals surface area (Å²) in [5, 5.41) is 0. The average Bonchev–Trinajstić information content (AvgIpc) is 2.48. The Labute approximate surface area is 115 Å². The van der Waals surface area contributed by atoms with Gasteiger partial charge in [-0.15, -0.1) is 0 Å². The van der Waals surface area contributed by atoms with Crippen molar-refractivity contribution in [3.05, 3.63) is 60.7 Å². The lowest BCUT2D eigenvalue weighted by Crippen LogP contribution is -2.41. The first-order chi connectivity index (χ1) is 9.29. The minimum atomic E-state index is 0.0125. The maximum Gasteiger partial charge on any atom is 0.393 e. The zero-order valence-electron chi connectivity index (χ0n) is 11.3. The van der Waals surface area contributed by atoms with E-state index in [0.717, 1.165) is 18.5 Å². The fraction of sp³-hybridized carbons (Fsp3) is 0.250. The second kappa shape index (κ2) is 7.00. The highest BCUT2D eigenvalue weighted by molar-refractivity contribution is 6.68. The molecule has 0 aliphatic rings. The van der Waals surface area contributed by atoms with Gasteiger partial charge in [-0.1, -0.05) is 55.5 Å². The van der Waals surface area contributed by atoms with Crippen molar-refractivity contribution in [2.24, 2.45) is 5.73 Å². The van der Waals surface area contributed by atoms with Crippen LogP contribution in [0.15, 0.2) is 60.7 Å². The van der Waals surface area contributed by atoms with Gasteiger partial charge in [0.05, 0.1) is 5.75 Å². The summed E-state index contributed by atoms with van der Waals surface area (Å²) in [6, 6.07) is 20.3. The van der Waals surface area contributed by atoms with Crippen LogP contribution in [0.3, 0.4) is 0 Å². The van der Waals surface area contributed by atoms with Crippen LogP contribution in [0.5, 0.6) is 5.75 Å². The fourth-order valence-electron chi connectivity index (χ4n) is 2.02. The summed E-state index contributed by atoms with van der Waals surface area (Å²) in [5.74, 6) is 0.889. The molecule has 3 heteroatoms. The van der Waals surface area contributed by atoms with Gasteiger partial charge in [-0.2, -0.15) is 0 Å². The lowest BCUT2D eigenvalue weighted by molar-refractivity contribution is 0.561. The standard InChI is InChI=1S/C16H20BNO/c1-2-15(18)13-17(14-9-5-3-6-10-14)19-16-11-7-4-8-12-16/h3-12,15H,2,13,18H2,1H3. The van der Waals surface area contributed by atoms with Crippen LogP contribution in [-0.2, 0) is 0 Å². The molecule has 19 heavy (non-hydrogen) atoms. The molecular formula is C16H20BNO. The summed E-state index contributed by atoms with van der Waals surface area (Å²) in [5.41, 5.74) is 7.26. The van der Waals surface area contributed by atoms with E-state index in [0.29, 0.717) is 0 Å². The topological polar surface area (TPSA) is 35.2 Å². The molecule has 0 saturated carbocycles. The highest BCUT2D eigenvalue weighted by Crippen LogP contribution is 2.12. The Bertz CT molecular complexity index is 475. The monoisotopic (exact) mass is 253 g/mol. The molecule has 2 rings (SSSR count). The summed E-state index contributed by atoms with van der Waals surface area (Å²) < 4.78 is 6.09. The Morgan fingerprint density at radius 3 is 2.16 bits per heavy atom. The maximum absolute atomic E-state index is 6.09. The third-order valence-electron chi connectivity index (χ3n) is 3.23. The van der Waals surface area contributed by atoms with E-state index in [1.165, 1.54) is 5.46 Å². The van der Waals surface area contributed by atoms with Gasteiger partial charge in [0.2, 0.25) is 0 Å². The molecule has 0 spiro atoms. The zero-order chi connectivity index (χ0) is 13.5. The molecule has 0 fully saturated rings. The second-order valence-electron chi connectivity index (χ2n) is 4.73. The molecule has 2 N–H and O–H groups in total. The van der Waals surface area contributed by atoms with Crippen molar-refractivity contribution in [1.82, 2.24) is 0 Å². The van der Waals surface area contributed by atoms with Crippen LogP contribution >= 0.6 is 0 Å². The van der Waals surface area contributed by atoms with E-state index >= 15 is 0 Å². The largest absolute Gasteiger partial charge is 0.556 e. The summed E-state index contributed by atoms with van der Waals surface area (Å²) in [7, 11) is 0. The minimum Gasteiger partial charge on any atom is -0.556 e. The third-order valence-corrected chi connectivity index (χ3v) is 3.23. The third kappa shape index (κ3) is 4.14. The Balaban J connectivity index is 2.15. The Morgan fingerprint density at radius 2 is 1.58 bits per heavy atom. The number of hydrogen-bond acceptors (Lipinski definition) is 2. The highest BCUT2D eigenvalue weighted by atomic mass is 16.4. The summed E-state index contributed by atoms with van der Waals surface area (Å²) in [4.78, 5) is 0. The molecule has 2 aromatic rings. The maximum atomic E-state index is 6.09. The van der Waals surface area contributed by atoms with Gasteiger partial charge in [0.15, 0.2) is 0 Å². The molecular weight excluding hydrogens is 233 g/mol. The zero-order valence-corrected chi connectivity index (χ0v) is 11.3. The number of benzene rings is 2. The molecule has 2 aromatic carbocycles. The smallest absolute Gasteiger partial charge is 0.393 e. The number of para-hydroxylation sites is 1. The average molecular weight is 253 g/mol. The molecule has 1 atom stereocenters. The minimum absolute atomic E-state index is 0.0125. The summed E-state index contributed by atoms with van der Waals surface area (Å²) in [6.45, 7) is 2.12. The van der Waals surface area contributed by atoms with Crippen molar-refractivity contribution < 1.29 is 4.65 Å². The van der Waals surface area contributed by atoms with E-state index in [-0.39, 0.29) is 13.0 Å². The molecule has 0 aliphatic carbocycles. The lowest BCUT2D eigenvalue weighted by atomic mass is 9.56. The van der Waals surface area contributed by atoms with E-state index in [9.17, 15) is 0 Å². The molecule has 0 radical (unpaired) electrons. The second-order valence-corrected chi connectivity index (χ2v) is 4.73. The molecule has 0 heterocycles. The van der Waals surface area contributed by atoms with Crippen molar-refractivity contribution >= 4 is 12.4 Å². The van der Waals surface area contributed by atoms with Crippen molar-refractivity contribution in [1.29, 1.82) is 0 Å². The van der Waals surface area contributed by atoms with Crippen LogP contribution in [0, 0.1) is 0 Å². The normalized spacial score (nSPS) is 11.9. The molecule has 1 unspecified atom stereocenters. The van der Waals surface area contributed by atoms with Crippen molar-refractivity contribution in [3.63, 3.8) is 0 Å². The molecule has 0 saturated heterocycles. The van der Waals surface area contributed by atoms with Crippen LogP contribution in [0.2, 0.25) is 6.32 Å². The Hall–Kier alpha value is -1.74. The van der Waals surface area contributed by atoms with Gasteiger partial charge < -0.3 is 10.4 Å². The highest BCUT2D eigenvalue weighted by Gasteiger charge is 2.23. The Kier molecular flexibility index (Phi) is 5.05. The number of hydrogen-bond donors (Lipinski definition) is 1. The van der Waals surface area contributed by atoms with Crippen LogP contribution in [0.4, 0.5) is 0 Å². The molecule has 0 aliphatic heterocycles. The predicted octanol–water partition coefficient (Wildman–Crippen LogP) is 2.70. The fourth-order valence-corrected chi connectivity index (χ4v) is 2.02. The van der Waals surface area contributed by atoms with Crippen molar-refractivity contribution in [3.8, 4) is 5.75 Å². The van der Waals surface area contributed by atoms with E-state index in [1.807, 2.05) is 48.5 Å². The predicted molar refractivity (Wildman–Crippen MR) is 82.0 cm³/mol. The van der Waals surface area contributed by atoms with Crippen molar-refractivity contribution in [2.75, 3.05) is 0 Å². The van der Waals surface area contributed by atoms with Crippen LogP contribution in [-0.4, -0.2) is 13.0 Å². The first-order valence-electron chi connectivity index (χ1n) is 6.82. The first kappa shape index (κ1) is 13.7. The SMILES string of the molecule is CCC(N)CB(Oc1ccccc1)c1ccccc1. The molecule has 0 amide bonds. The van der Waals surface area contributed by atoms with Gasteiger partial charge in [0.1, 0.15) is 0 Å². The molecule has 0 bridgehead atoms. The molecule has 2 nitrogen and oxygen atoms in total. The first-order valence-corrected chi connectivity index (χ1v) is 6.82. The number of nitrogens with two attached hydrogens (primary N) is 1. The van der Waals surface area contributed by atoms with Gasteiger partial charge in [0, 0.05) is 6.04 Å². The molecule has 98 valence electrons. The van der Waals surface area contributed by atoms with E-state index in [4.69, 9.17) is 10.4 Å².